The highest BCUT2D eigenvalue weighted by molar-refractivity contribution is 6.31. The molecule has 0 N–H and O–H groups in total. The number of fused-ring (bicyclic) bond motifs is 2. The van der Waals surface area contributed by atoms with Gasteiger partial charge in [-0.25, -0.2) is 4.79 Å². The Bertz CT molecular complexity index is 1160. The van der Waals surface area contributed by atoms with Crippen LogP contribution in [0.3, 0.4) is 0 Å². The predicted octanol–water partition coefficient (Wildman–Crippen LogP) is 3.78. The maximum absolute atomic E-state index is 13.0. The van der Waals surface area contributed by atoms with Gasteiger partial charge in [-0.3, -0.25) is 4.79 Å². The lowest BCUT2D eigenvalue weighted by atomic mass is 9.95. The molecule has 4 heterocycles. The summed E-state index contributed by atoms with van der Waals surface area (Å²) in [6, 6.07) is 6.57. The maximum atomic E-state index is 13.0. The molecule has 3 aromatic rings. The van der Waals surface area contributed by atoms with Crippen LogP contribution in [0.5, 0.6) is 0 Å². The van der Waals surface area contributed by atoms with Crippen molar-refractivity contribution in [3.05, 3.63) is 56.9 Å². The fourth-order valence-corrected chi connectivity index (χ4v) is 4.74. The van der Waals surface area contributed by atoms with Crippen LogP contribution in [0.15, 0.2) is 33.5 Å². The quantitative estimate of drug-likeness (QED) is 0.582. The lowest BCUT2D eigenvalue weighted by molar-refractivity contribution is 0.0706. The SMILES string of the molecule is O=C(c1cc2cc(Cl)ccc2oc1=O)N1CCC(c2nnc3n2CCCCC3)CC1. The van der Waals surface area contributed by atoms with Gasteiger partial charge in [-0.05, 0) is 49.9 Å². The van der Waals surface area contributed by atoms with E-state index in [4.69, 9.17) is 16.0 Å². The molecule has 1 amide bonds. The van der Waals surface area contributed by atoms with Gasteiger partial charge in [0.1, 0.15) is 22.8 Å². The molecule has 8 heteroatoms. The van der Waals surface area contributed by atoms with E-state index in [-0.39, 0.29) is 11.5 Å². The molecule has 2 aromatic heterocycles. The molecule has 0 spiro atoms. The molecule has 0 aliphatic carbocycles. The van der Waals surface area contributed by atoms with Crippen LogP contribution in [0.25, 0.3) is 11.0 Å². The second-order valence-corrected chi connectivity index (χ2v) is 8.57. The van der Waals surface area contributed by atoms with E-state index in [1.807, 2.05) is 0 Å². The molecule has 5 rings (SSSR count). The number of nitrogens with zero attached hydrogens (tertiary/aromatic N) is 4. The Balaban J connectivity index is 1.33. The minimum atomic E-state index is -0.611. The van der Waals surface area contributed by atoms with E-state index in [9.17, 15) is 9.59 Å². The van der Waals surface area contributed by atoms with E-state index in [1.54, 1.807) is 29.2 Å². The highest BCUT2D eigenvalue weighted by atomic mass is 35.5. The zero-order chi connectivity index (χ0) is 20.7. The largest absolute Gasteiger partial charge is 0.422 e. The molecule has 0 saturated carbocycles. The first-order valence-electron chi connectivity index (χ1n) is 10.5. The Labute approximate surface area is 178 Å². The van der Waals surface area contributed by atoms with Gasteiger partial charge in [0.25, 0.3) is 5.91 Å². The van der Waals surface area contributed by atoms with Crippen molar-refractivity contribution in [2.24, 2.45) is 0 Å². The standard InChI is InChI=1S/C22H23ClN4O3/c23-16-5-6-18-15(12-16)13-17(22(29)30-18)21(28)26-10-7-14(8-11-26)20-25-24-19-4-2-1-3-9-27(19)20/h5-6,12-14H,1-4,7-11H2. The number of piperidine rings is 1. The van der Waals surface area contributed by atoms with Crippen LogP contribution >= 0.6 is 11.6 Å². The number of halogens is 1. The number of hydrogen-bond acceptors (Lipinski definition) is 5. The molecular weight excluding hydrogens is 404 g/mol. The fourth-order valence-electron chi connectivity index (χ4n) is 4.56. The molecule has 0 atom stereocenters. The summed E-state index contributed by atoms with van der Waals surface area (Å²) in [6.07, 6.45) is 6.19. The number of carbonyl (C=O) groups is 1. The lowest BCUT2D eigenvalue weighted by Gasteiger charge is -2.31. The maximum Gasteiger partial charge on any atom is 0.349 e. The first kappa shape index (κ1) is 19.3. The number of aromatic nitrogens is 3. The molecule has 1 saturated heterocycles. The van der Waals surface area contributed by atoms with Gasteiger partial charge in [-0.1, -0.05) is 18.0 Å². The molecule has 1 fully saturated rings. The Hall–Kier alpha value is -2.67. The van der Waals surface area contributed by atoms with Gasteiger partial charge in [0.2, 0.25) is 0 Å². The van der Waals surface area contributed by atoms with Crippen molar-refractivity contribution in [2.75, 3.05) is 13.1 Å². The molecular formula is C22H23ClN4O3. The molecule has 0 bridgehead atoms. The number of aryl methyl sites for hydroxylation is 1. The molecule has 2 aliphatic rings. The minimum Gasteiger partial charge on any atom is -0.422 e. The number of hydrogen-bond donors (Lipinski definition) is 0. The number of carbonyl (C=O) groups excluding carboxylic acids is 1. The van der Waals surface area contributed by atoms with Crippen LogP contribution < -0.4 is 5.63 Å². The van der Waals surface area contributed by atoms with E-state index in [0.29, 0.717) is 35.0 Å². The average Bonchev–Trinajstić information content (AvgIpc) is 3.01. The first-order chi connectivity index (χ1) is 14.6. The Kier molecular flexibility index (Phi) is 5.06. The van der Waals surface area contributed by atoms with Gasteiger partial charge >= 0.3 is 5.63 Å². The molecule has 0 unspecified atom stereocenters. The van der Waals surface area contributed by atoms with Crippen LogP contribution in [-0.4, -0.2) is 38.7 Å². The second kappa shape index (κ2) is 7.87. The molecule has 156 valence electrons. The molecule has 2 aliphatic heterocycles. The average molecular weight is 427 g/mol. The van der Waals surface area contributed by atoms with E-state index in [0.717, 1.165) is 43.9 Å². The number of amides is 1. The third kappa shape index (κ3) is 3.51. The van der Waals surface area contributed by atoms with Gasteiger partial charge in [0, 0.05) is 42.4 Å². The van der Waals surface area contributed by atoms with Crippen molar-refractivity contribution in [2.45, 2.75) is 51.0 Å². The fraction of sp³-hybridized carbons (Fsp3) is 0.455. The molecule has 30 heavy (non-hydrogen) atoms. The summed E-state index contributed by atoms with van der Waals surface area (Å²) in [7, 11) is 0. The van der Waals surface area contributed by atoms with Crippen molar-refractivity contribution in [1.29, 1.82) is 0 Å². The molecule has 0 radical (unpaired) electrons. The van der Waals surface area contributed by atoms with E-state index < -0.39 is 5.63 Å². The smallest absolute Gasteiger partial charge is 0.349 e. The zero-order valence-corrected chi connectivity index (χ0v) is 17.4. The Morgan fingerprint density at radius 2 is 1.90 bits per heavy atom. The Morgan fingerprint density at radius 3 is 2.73 bits per heavy atom. The highest BCUT2D eigenvalue weighted by Gasteiger charge is 2.30. The lowest BCUT2D eigenvalue weighted by Crippen LogP contribution is -2.40. The Morgan fingerprint density at radius 1 is 1.07 bits per heavy atom. The van der Waals surface area contributed by atoms with Crippen LogP contribution in [-0.2, 0) is 13.0 Å². The van der Waals surface area contributed by atoms with Gasteiger partial charge in [0.15, 0.2) is 0 Å². The van der Waals surface area contributed by atoms with E-state index >= 15 is 0 Å². The second-order valence-electron chi connectivity index (χ2n) is 8.13. The third-order valence-electron chi connectivity index (χ3n) is 6.21. The van der Waals surface area contributed by atoms with Gasteiger partial charge < -0.3 is 13.9 Å². The summed E-state index contributed by atoms with van der Waals surface area (Å²) in [6.45, 7) is 2.15. The van der Waals surface area contributed by atoms with Gasteiger partial charge in [-0.15, -0.1) is 10.2 Å². The van der Waals surface area contributed by atoms with Crippen molar-refractivity contribution in [3.63, 3.8) is 0 Å². The highest BCUT2D eigenvalue weighted by Crippen LogP contribution is 2.29. The number of likely N-dealkylation sites (tertiary alicyclic amines) is 1. The summed E-state index contributed by atoms with van der Waals surface area (Å²) in [5.41, 5.74) is -0.133. The third-order valence-corrected chi connectivity index (χ3v) is 6.45. The number of rotatable bonds is 2. The minimum absolute atomic E-state index is 0.0551. The predicted molar refractivity (Wildman–Crippen MR) is 113 cm³/mol. The summed E-state index contributed by atoms with van der Waals surface area (Å²) in [5.74, 6) is 2.15. The first-order valence-corrected chi connectivity index (χ1v) is 10.9. The van der Waals surface area contributed by atoms with Crippen LogP contribution in [0.4, 0.5) is 0 Å². The molecule has 1 aromatic carbocycles. The normalized spacial score (nSPS) is 17.7. The van der Waals surface area contributed by atoms with Crippen molar-refractivity contribution >= 4 is 28.5 Å². The van der Waals surface area contributed by atoms with Gasteiger partial charge in [0.05, 0.1) is 0 Å². The summed E-state index contributed by atoms with van der Waals surface area (Å²) in [4.78, 5) is 27.1. The van der Waals surface area contributed by atoms with Crippen LogP contribution in [0.1, 0.15) is 60.0 Å². The van der Waals surface area contributed by atoms with Crippen LogP contribution in [0.2, 0.25) is 5.02 Å². The summed E-state index contributed by atoms with van der Waals surface area (Å²) >= 11 is 6.04. The van der Waals surface area contributed by atoms with E-state index in [1.165, 1.54) is 12.8 Å². The molecule has 7 nitrogen and oxygen atoms in total. The van der Waals surface area contributed by atoms with Crippen molar-refractivity contribution in [1.82, 2.24) is 19.7 Å². The van der Waals surface area contributed by atoms with Crippen molar-refractivity contribution < 1.29 is 9.21 Å². The van der Waals surface area contributed by atoms with E-state index in [2.05, 4.69) is 14.8 Å². The topological polar surface area (TPSA) is 81.2 Å². The summed E-state index contributed by atoms with van der Waals surface area (Å²) in [5, 5.41) is 10.1. The van der Waals surface area contributed by atoms with Crippen molar-refractivity contribution in [3.8, 4) is 0 Å². The van der Waals surface area contributed by atoms with Crippen LogP contribution in [0, 0.1) is 0 Å². The monoisotopic (exact) mass is 426 g/mol. The van der Waals surface area contributed by atoms with Gasteiger partial charge in [-0.2, -0.15) is 0 Å². The number of benzene rings is 1. The zero-order valence-electron chi connectivity index (χ0n) is 16.6. The summed E-state index contributed by atoms with van der Waals surface area (Å²) < 4.78 is 7.62.